The average molecular weight is 481 g/mol. The summed E-state index contributed by atoms with van der Waals surface area (Å²) in [5.74, 6) is -1.61. The van der Waals surface area contributed by atoms with E-state index in [-0.39, 0.29) is 18.0 Å². The number of hydrogen-bond donors (Lipinski definition) is 2. The lowest BCUT2D eigenvalue weighted by atomic mass is 10.2. The first-order valence-corrected chi connectivity index (χ1v) is 11.5. The third-order valence-corrected chi connectivity index (χ3v) is 6.81. The average Bonchev–Trinajstić information content (AvgIpc) is 3.03. The number of para-hydroxylation sites is 2. The molecule has 9 nitrogen and oxygen atoms in total. The number of nitrogens with zero attached hydrogens (tertiary/aromatic N) is 2. The minimum absolute atomic E-state index is 0.109. The Hall–Kier alpha value is -3.79. The number of ether oxygens (including phenoxy) is 1. The monoisotopic (exact) mass is 480 g/mol. The van der Waals surface area contributed by atoms with Gasteiger partial charge >= 0.3 is 5.97 Å². The van der Waals surface area contributed by atoms with Crippen LogP contribution >= 0.6 is 11.8 Å². The van der Waals surface area contributed by atoms with Gasteiger partial charge in [-0.15, -0.1) is 11.8 Å². The molecule has 3 aromatic rings. The summed E-state index contributed by atoms with van der Waals surface area (Å²) in [6, 6.07) is 16.4. The van der Waals surface area contributed by atoms with Gasteiger partial charge in [0.15, 0.2) is 6.10 Å². The predicted octanol–water partition coefficient (Wildman–Crippen LogP) is 2.86. The third-order valence-electron chi connectivity index (χ3n) is 5.54. The molecule has 1 aliphatic rings. The van der Waals surface area contributed by atoms with Crippen LogP contribution in [0.2, 0.25) is 0 Å². The molecule has 1 aliphatic heterocycles. The van der Waals surface area contributed by atoms with Gasteiger partial charge in [-0.2, -0.15) is 0 Å². The summed E-state index contributed by atoms with van der Waals surface area (Å²) in [6.45, 7) is 3.13. The van der Waals surface area contributed by atoms with E-state index >= 15 is 0 Å². The maximum absolute atomic E-state index is 13.0. The largest absolute Gasteiger partial charge is 0.452 e. The third kappa shape index (κ3) is 4.62. The van der Waals surface area contributed by atoms with Crippen molar-refractivity contribution in [2.24, 2.45) is 7.05 Å². The Labute approximate surface area is 200 Å². The normalized spacial score (nSPS) is 15.7. The van der Waals surface area contributed by atoms with E-state index in [0.29, 0.717) is 17.1 Å². The molecule has 2 aromatic carbocycles. The second-order valence-electron chi connectivity index (χ2n) is 7.85. The van der Waals surface area contributed by atoms with Crippen LogP contribution in [0.25, 0.3) is 5.69 Å². The summed E-state index contributed by atoms with van der Waals surface area (Å²) in [6.07, 6.45) is -1.34. The highest BCUT2D eigenvalue weighted by Gasteiger charge is 2.31. The molecule has 2 amide bonds. The SMILES string of the molecule is Cc1c(NC(=O)[C@@H](C)OC(=O)C[C@@H]2Sc3ccccc3NC2=O)c(=O)n(-c2ccccc2)n1C. The van der Waals surface area contributed by atoms with Crippen LogP contribution in [0.4, 0.5) is 11.4 Å². The number of aromatic nitrogens is 2. The molecule has 0 unspecified atom stereocenters. The number of anilines is 2. The molecular formula is C24H24N4O5S. The number of amides is 2. The Bertz CT molecular complexity index is 1310. The number of carbonyl (C=O) groups is 3. The minimum Gasteiger partial charge on any atom is -0.452 e. The molecule has 0 radical (unpaired) electrons. The Morgan fingerprint density at radius 1 is 1.12 bits per heavy atom. The van der Waals surface area contributed by atoms with Gasteiger partial charge in [-0.25, -0.2) is 4.68 Å². The Kier molecular flexibility index (Phi) is 6.60. The Morgan fingerprint density at radius 2 is 1.79 bits per heavy atom. The number of hydrogen-bond acceptors (Lipinski definition) is 6. The molecule has 0 fully saturated rings. The van der Waals surface area contributed by atoms with Crippen molar-refractivity contribution in [2.45, 2.75) is 36.5 Å². The van der Waals surface area contributed by atoms with Crippen LogP contribution in [-0.4, -0.2) is 38.5 Å². The number of fused-ring (bicyclic) bond motifs is 1. The molecule has 1 aromatic heterocycles. The van der Waals surface area contributed by atoms with Crippen LogP contribution in [0.3, 0.4) is 0 Å². The van der Waals surface area contributed by atoms with Gasteiger partial charge < -0.3 is 15.4 Å². The second kappa shape index (κ2) is 9.60. The van der Waals surface area contributed by atoms with Crippen LogP contribution in [0.1, 0.15) is 19.0 Å². The summed E-state index contributed by atoms with van der Waals surface area (Å²) in [7, 11) is 1.72. The van der Waals surface area contributed by atoms with Crippen molar-refractivity contribution in [1.29, 1.82) is 0 Å². The number of benzene rings is 2. The van der Waals surface area contributed by atoms with Crippen LogP contribution in [0.5, 0.6) is 0 Å². The fourth-order valence-corrected chi connectivity index (χ4v) is 4.71. The molecule has 34 heavy (non-hydrogen) atoms. The number of thioether (sulfide) groups is 1. The summed E-state index contributed by atoms with van der Waals surface area (Å²) in [5.41, 5.74) is 1.62. The fourth-order valence-electron chi connectivity index (χ4n) is 3.61. The second-order valence-corrected chi connectivity index (χ2v) is 9.10. The molecule has 0 aliphatic carbocycles. The number of esters is 1. The molecule has 4 rings (SSSR count). The molecular weight excluding hydrogens is 456 g/mol. The van der Waals surface area contributed by atoms with E-state index in [2.05, 4.69) is 10.6 Å². The van der Waals surface area contributed by atoms with Crippen LogP contribution in [0, 0.1) is 6.92 Å². The van der Waals surface area contributed by atoms with Gasteiger partial charge in [0.25, 0.3) is 11.5 Å². The maximum atomic E-state index is 13.0. The Morgan fingerprint density at radius 3 is 2.53 bits per heavy atom. The van der Waals surface area contributed by atoms with E-state index in [1.54, 1.807) is 36.9 Å². The van der Waals surface area contributed by atoms with E-state index in [1.807, 2.05) is 36.4 Å². The molecule has 0 bridgehead atoms. The zero-order valence-electron chi connectivity index (χ0n) is 18.9. The highest BCUT2D eigenvalue weighted by Crippen LogP contribution is 2.36. The molecule has 2 atom stereocenters. The van der Waals surface area contributed by atoms with Gasteiger partial charge in [0.1, 0.15) is 5.69 Å². The first kappa shape index (κ1) is 23.4. The molecule has 0 spiro atoms. The van der Waals surface area contributed by atoms with E-state index in [1.165, 1.54) is 23.4 Å². The molecule has 0 saturated heterocycles. The molecule has 176 valence electrons. The highest BCUT2D eigenvalue weighted by molar-refractivity contribution is 8.01. The van der Waals surface area contributed by atoms with Crippen molar-refractivity contribution in [2.75, 3.05) is 10.6 Å². The van der Waals surface area contributed by atoms with Gasteiger partial charge in [0.2, 0.25) is 5.91 Å². The van der Waals surface area contributed by atoms with Gasteiger partial charge in [-0.05, 0) is 38.1 Å². The standard InChI is InChI=1S/C24H24N4O5S/c1-14-21(24(32)28(27(14)3)16-9-5-4-6-10-16)26-22(30)15(2)33-20(29)13-19-23(31)25-17-11-7-8-12-18(17)34-19/h4-12,15,19H,13H2,1-3H3,(H,25,31)(H,26,30)/t15-,19+/m1/s1. The highest BCUT2D eigenvalue weighted by atomic mass is 32.2. The van der Waals surface area contributed by atoms with Crippen molar-refractivity contribution >= 4 is 40.9 Å². The van der Waals surface area contributed by atoms with Crippen molar-refractivity contribution < 1.29 is 19.1 Å². The first-order chi connectivity index (χ1) is 16.3. The summed E-state index contributed by atoms with van der Waals surface area (Å²) in [5, 5.41) is 4.70. The molecule has 10 heteroatoms. The van der Waals surface area contributed by atoms with Crippen molar-refractivity contribution in [3.05, 3.63) is 70.6 Å². The summed E-state index contributed by atoms with van der Waals surface area (Å²) < 4.78 is 8.35. The van der Waals surface area contributed by atoms with Crippen LogP contribution in [0.15, 0.2) is 64.3 Å². The predicted molar refractivity (Wildman–Crippen MR) is 129 cm³/mol. The lowest BCUT2D eigenvalue weighted by Crippen LogP contribution is -2.35. The summed E-state index contributed by atoms with van der Waals surface area (Å²) >= 11 is 1.28. The molecule has 2 N–H and O–H groups in total. The number of carbonyl (C=O) groups excluding carboxylic acids is 3. The number of rotatable bonds is 6. The van der Waals surface area contributed by atoms with E-state index in [4.69, 9.17) is 4.74 Å². The molecule has 0 saturated carbocycles. The minimum atomic E-state index is -1.15. The lowest BCUT2D eigenvalue weighted by Gasteiger charge is -2.23. The zero-order chi connectivity index (χ0) is 24.4. The lowest BCUT2D eigenvalue weighted by molar-refractivity contribution is -0.153. The van der Waals surface area contributed by atoms with Crippen LogP contribution in [-0.2, 0) is 26.2 Å². The fraction of sp³-hybridized carbons (Fsp3) is 0.250. The maximum Gasteiger partial charge on any atom is 0.308 e. The van der Waals surface area contributed by atoms with Gasteiger partial charge in [-0.1, -0.05) is 30.3 Å². The van der Waals surface area contributed by atoms with E-state index < -0.39 is 28.8 Å². The quantitative estimate of drug-likeness (QED) is 0.525. The van der Waals surface area contributed by atoms with E-state index in [9.17, 15) is 19.2 Å². The zero-order valence-corrected chi connectivity index (χ0v) is 19.7. The first-order valence-electron chi connectivity index (χ1n) is 10.7. The van der Waals surface area contributed by atoms with Crippen LogP contribution < -0.4 is 16.2 Å². The van der Waals surface area contributed by atoms with E-state index in [0.717, 1.165) is 4.90 Å². The van der Waals surface area contributed by atoms with Gasteiger partial charge in [0.05, 0.1) is 28.7 Å². The van der Waals surface area contributed by atoms with Gasteiger partial charge in [-0.3, -0.25) is 23.9 Å². The van der Waals surface area contributed by atoms with Crippen molar-refractivity contribution in [1.82, 2.24) is 9.36 Å². The topological polar surface area (TPSA) is 111 Å². The Balaban J connectivity index is 1.41. The molecule has 2 heterocycles. The summed E-state index contributed by atoms with van der Waals surface area (Å²) in [4.78, 5) is 51.3. The smallest absolute Gasteiger partial charge is 0.308 e. The van der Waals surface area contributed by atoms with Crippen molar-refractivity contribution in [3.63, 3.8) is 0 Å². The number of nitrogens with one attached hydrogen (secondary N) is 2. The van der Waals surface area contributed by atoms with Crippen molar-refractivity contribution in [3.8, 4) is 5.69 Å². The van der Waals surface area contributed by atoms with Gasteiger partial charge in [0, 0.05) is 11.9 Å².